The zero-order valence-electron chi connectivity index (χ0n) is 11.4. The summed E-state index contributed by atoms with van der Waals surface area (Å²) >= 11 is 0. The van der Waals surface area contributed by atoms with Crippen LogP contribution in [0, 0.1) is 11.8 Å². The lowest BCUT2D eigenvalue weighted by Gasteiger charge is -2.41. The number of nitrogens with zero attached hydrogens (tertiary/aromatic N) is 1. The highest BCUT2D eigenvalue weighted by Gasteiger charge is 2.33. The molecule has 0 spiro atoms. The number of ether oxygens (including phenoxy) is 1. The van der Waals surface area contributed by atoms with E-state index in [2.05, 4.69) is 31.1 Å². The molecule has 2 fully saturated rings. The molecule has 1 N–H and O–H groups in total. The molecule has 2 saturated heterocycles. The van der Waals surface area contributed by atoms with Crippen LogP contribution in [-0.4, -0.2) is 43.9 Å². The maximum atomic E-state index is 5.98. The van der Waals surface area contributed by atoms with Gasteiger partial charge in [-0.3, -0.25) is 5.32 Å². The zero-order chi connectivity index (χ0) is 11.6. The highest BCUT2D eigenvalue weighted by Crippen LogP contribution is 2.28. The summed E-state index contributed by atoms with van der Waals surface area (Å²) in [5, 5.41) is 3.57. The first kappa shape index (κ1) is 15.2. The molecule has 0 bridgehead atoms. The van der Waals surface area contributed by atoms with Crippen LogP contribution in [0.1, 0.15) is 33.1 Å². The number of piperidine rings is 1. The Labute approximate surface area is 112 Å². The van der Waals surface area contributed by atoms with Crippen LogP contribution in [0.25, 0.3) is 0 Å². The second-order valence-electron chi connectivity index (χ2n) is 5.98. The van der Waals surface area contributed by atoms with E-state index >= 15 is 0 Å². The summed E-state index contributed by atoms with van der Waals surface area (Å²) in [5.74, 6) is 1.49. The van der Waals surface area contributed by atoms with Crippen molar-refractivity contribution in [2.24, 2.45) is 11.8 Å². The van der Waals surface area contributed by atoms with Crippen molar-refractivity contribution < 1.29 is 4.74 Å². The lowest BCUT2D eigenvalue weighted by molar-refractivity contribution is -0.115. The zero-order valence-corrected chi connectivity index (χ0v) is 12.2. The van der Waals surface area contributed by atoms with Crippen LogP contribution in [0.5, 0.6) is 0 Å². The number of likely N-dealkylation sites (tertiary alicyclic amines) is 1. The van der Waals surface area contributed by atoms with Crippen molar-refractivity contribution in [2.45, 2.75) is 38.8 Å². The average Bonchev–Trinajstić information content (AvgIpc) is 2.27. The molecule has 0 saturated carbocycles. The van der Waals surface area contributed by atoms with Gasteiger partial charge in [0.15, 0.2) is 0 Å². The number of hydrogen-bond acceptors (Lipinski definition) is 3. The minimum absolute atomic E-state index is 0. The lowest BCUT2D eigenvalue weighted by atomic mass is 9.88. The van der Waals surface area contributed by atoms with Gasteiger partial charge in [0, 0.05) is 6.54 Å². The first-order valence-corrected chi connectivity index (χ1v) is 6.65. The van der Waals surface area contributed by atoms with Gasteiger partial charge in [0.05, 0.1) is 6.61 Å². The first-order valence-electron chi connectivity index (χ1n) is 6.65. The van der Waals surface area contributed by atoms with Gasteiger partial charge < -0.3 is 9.64 Å². The molecule has 0 aliphatic carbocycles. The molecule has 2 atom stereocenters. The molecule has 2 rings (SSSR count). The molecule has 0 aromatic carbocycles. The number of hydrogen-bond donors (Lipinski definition) is 1. The van der Waals surface area contributed by atoms with Crippen LogP contribution in [0.3, 0.4) is 0 Å². The fraction of sp³-hybridized carbons (Fsp3) is 1.00. The van der Waals surface area contributed by atoms with Crippen molar-refractivity contribution in [1.82, 2.24) is 10.2 Å². The molecule has 2 heterocycles. The van der Waals surface area contributed by atoms with Crippen LogP contribution in [0.4, 0.5) is 0 Å². The maximum absolute atomic E-state index is 5.98. The van der Waals surface area contributed by atoms with E-state index in [9.17, 15) is 0 Å². The Bertz CT molecular complexity index is 221. The van der Waals surface area contributed by atoms with Gasteiger partial charge in [0.2, 0.25) is 0 Å². The minimum Gasteiger partial charge on any atom is -0.361 e. The lowest BCUT2D eigenvalue weighted by Crippen LogP contribution is -2.53. The van der Waals surface area contributed by atoms with Crippen molar-refractivity contribution in [2.75, 3.05) is 33.3 Å². The number of halogens is 1. The van der Waals surface area contributed by atoms with E-state index in [4.69, 9.17) is 4.74 Å². The fourth-order valence-corrected chi connectivity index (χ4v) is 2.77. The summed E-state index contributed by atoms with van der Waals surface area (Å²) in [7, 11) is 2.22. The van der Waals surface area contributed by atoms with E-state index in [-0.39, 0.29) is 18.1 Å². The summed E-state index contributed by atoms with van der Waals surface area (Å²) in [6, 6.07) is 0. The average molecular weight is 263 g/mol. The van der Waals surface area contributed by atoms with E-state index in [1.54, 1.807) is 0 Å². The van der Waals surface area contributed by atoms with Gasteiger partial charge in [-0.05, 0) is 58.2 Å². The van der Waals surface area contributed by atoms with Crippen molar-refractivity contribution in [3.05, 3.63) is 0 Å². The van der Waals surface area contributed by atoms with Crippen molar-refractivity contribution in [1.29, 1.82) is 0 Å². The van der Waals surface area contributed by atoms with E-state index in [0.29, 0.717) is 5.92 Å². The van der Waals surface area contributed by atoms with Crippen LogP contribution >= 0.6 is 12.4 Å². The van der Waals surface area contributed by atoms with Gasteiger partial charge in [-0.2, -0.15) is 0 Å². The second kappa shape index (κ2) is 6.37. The molecule has 0 aromatic rings. The molecule has 2 aliphatic heterocycles. The molecule has 0 aromatic heterocycles. The van der Waals surface area contributed by atoms with E-state index < -0.39 is 0 Å². The molecule has 0 radical (unpaired) electrons. The van der Waals surface area contributed by atoms with Gasteiger partial charge in [0.1, 0.15) is 5.72 Å². The van der Waals surface area contributed by atoms with E-state index in [1.807, 2.05) is 0 Å². The molecule has 0 amide bonds. The van der Waals surface area contributed by atoms with Crippen LogP contribution in [-0.2, 0) is 4.74 Å². The summed E-state index contributed by atoms with van der Waals surface area (Å²) < 4.78 is 5.98. The topological polar surface area (TPSA) is 24.5 Å². The largest absolute Gasteiger partial charge is 0.361 e. The third-order valence-electron chi connectivity index (χ3n) is 4.03. The number of rotatable bonds is 2. The smallest absolute Gasteiger partial charge is 0.116 e. The number of nitrogens with one attached hydrogen (secondary N) is 1. The molecular formula is C13H27ClN2O. The third-order valence-corrected chi connectivity index (χ3v) is 4.03. The van der Waals surface area contributed by atoms with Gasteiger partial charge in [-0.15, -0.1) is 12.4 Å². The summed E-state index contributed by atoms with van der Waals surface area (Å²) in [6.07, 6.45) is 3.83. The van der Waals surface area contributed by atoms with Crippen LogP contribution < -0.4 is 5.32 Å². The van der Waals surface area contributed by atoms with Gasteiger partial charge in [-0.25, -0.2) is 0 Å². The molecule has 102 valence electrons. The summed E-state index contributed by atoms with van der Waals surface area (Å²) in [4.78, 5) is 2.43. The summed E-state index contributed by atoms with van der Waals surface area (Å²) in [6.45, 7) is 8.97. The first-order chi connectivity index (χ1) is 7.57. The Kier molecular flexibility index (Phi) is 5.71. The van der Waals surface area contributed by atoms with Crippen molar-refractivity contribution in [3.63, 3.8) is 0 Å². The Morgan fingerprint density at radius 3 is 2.53 bits per heavy atom. The highest BCUT2D eigenvalue weighted by molar-refractivity contribution is 5.85. The quantitative estimate of drug-likeness (QED) is 0.825. The fourth-order valence-electron chi connectivity index (χ4n) is 2.77. The van der Waals surface area contributed by atoms with Crippen LogP contribution in [0.15, 0.2) is 0 Å². The van der Waals surface area contributed by atoms with Crippen molar-refractivity contribution in [3.8, 4) is 0 Å². The molecule has 2 aliphatic rings. The summed E-state index contributed by atoms with van der Waals surface area (Å²) in [5.41, 5.74) is -0.0624. The van der Waals surface area contributed by atoms with Crippen molar-refractivity contribution >= 4 is 12.4 Å². The predicted octanol–water partition coefficient (Wildman–Crippen LogP) is 2.11. The molecule has 3 nitrogen and oxygen atoms in total. The monoisotopic (exact) mass is 262 g/mol. The van der Waals surface area contributed by atoms with E-state index in [1.165, 1.54) is 32.4 Å². The molecule has 17 heavy (non-hydrogen) atoms. The molecular weight excluding hydrogens is 236 g/mol. The second-order valence-corrected chi connectivity index (χ2v) is 5.98. The Morgan fingerprint density at radius 1 is 1.35 bits per heavy atom. The molecule has 4 heteroatoms. The SMILES string of the molecule is CC1CNC(C)(CC2CCN(C)CC2)OC1.Cl. The van der Waals surface area contributed by atoms with Crippen LogP contribution in [0.2, 0.25) is 0 Å². The maximum Gasteiger partial charge on any atom is 0.116 e. The molecule has 2 unspecified atom stereocenters. The van der Waals surface area contributed by atoms with Gasteiger partial charge in [0.25, 0.3) is 0 Å². The normalized spacial score (nSPS) is 36.5. The standard InChI is InChI=1S/C13H26N2O.ClH/c1-11-9-14-13(2,16-10-11)8-12-4-6-15(3)7-5-12;/h11-12,14H,4-10H2,1-3H3;1H. The minimum atomic E-state index is -0.0624. The third kappa shape index (κ3) is 4.40. The van der Waals surface area contributed by atoms with E-state index in [0.717, 1.165) is 19.1 Å². The highest BCUT2D eigenvalue weighted by atomic mass is 35.5. The van der Waals surface area contributed by atoms with Gasteiger partial charge >= 0.3 is 0 Å². The Hall–Kier alpha value is 0.170. The predicted molar refractivity (Wildman–Crippen MR) is 73.6 cm³/mol. The van der Waals surface area contributed by atoms with Gasteiger partial charge in [-0.1, -0.05) is 6.92 Å². The Morgan fingerprint density at radius 2 is 2.00 bits per heavy atom. The Balaban J connectivity index is 0.00000144.